The third-order valence-electron chi connectivity index (χ3n) is 4.36. The van der Waals surface area contributed by atoms with E-state index in [4.69, 9.17) is 9.47 Å². The highest BCUT2D eigenvalue weighted by Crippen LogP contribution is 2.19. The number of benzene rings is 2. The average Bonchev–Trinajstić information content (AvgIpc) is 2.63. The van der Waals surface area contributed by atoms with E-state index in [0.717, 1.165) is 29.9 Å². The SMILES string of the molecule is CCOc1ccccc1CCCNC(=O)[C@H](C)Oc1ccc(C)c(C)c1. The average molecular weight is 355 g/mol. The van der Waals surface area contributed by atoms with Crippen molar-refractivity contribution in [3.63, 3.8) is 0 Å². The van der Waals surface area contributed by atoms with Crippen molar-refractivity contribution in [1.29, 1.82) is 0 Å². The van der Waals surface area contributed by atoms with Gasteiger partial charge in [0.2, 0.25) is 0 Å². The van der Waals surface area contributed by atoms with E-state index in [1.165, 1.54) is 11.1 Å². The number of amides is 1. The molecule has 0 saturated heterocycles. The Kier molecular flexibility index (Phi) is 7.52. The molecule has 1 N–H and O–H groups in total. The molecular weight excluding hydrogens is 326 g/mol. The van der Waals surface area contributed by atoms with E-state index in [-0.39, 0.29) is 5.91 Å². The van der Waals surface area contributed by atoms with E-state index in [1.807, 2.05) is 50.2 Å². The lowest BCUT2D eigenvalue weighted by Gasteiger charge is -2.16. The van der Waals surface area contributed by atoms with Gasteiger partial charge in [-0.1, -0.05) is 24.3 Å². The number of ether oxygens (including phenoxy) is 2. The third kappa shape index (κ3) is 5.80. The van der Waals surface area contributed by atoms with Crippen LogP contribution in [0.2, 0.25) is 0 Å². The van der Waals surface area contributed by atoms with Crippen LogP contribution >= 0.6 is 0 Å². The van der Waals surface area contributed by atoms with Crippen molar-refractivity contribution in [3.8, 4) is 11.5 Å². The van der Waals surface area contributed by atoms with Crippen molar-refractivity contribution in [2.45, 2.75) is 46.6 Å². The Labute approximate surface area is 156 Å². The summed E-state index contributed by atoms with van der Waals surface area (Å²) in [6.45, 7) is 9.11. The minimum absolute atomic E-state index is 0.0960. The van der Waals surface area contributed by atoms with Gasteiger partial charge in [0, 0.05) is 6.54 Å². The first kappa shape index (κ1) is 19.8. The molecule has 0 spiro atoms. The zero-order valence-electron chi connectivity index (χ0n) is 16.2. The molecule has 0 fully saturated rings. The molecule has 0 aliphatic rings. The molecule has 2 aromatic rings. The van der Waals surface area contributed by atoms with Crippen LogP contribution in [0.25, 0.3) is 0 Å². The van der Waals surface area contributed by atoms with Gasteiger partial charge in [0.05, 0.1) is 6.61 Å². The number of rotatable bonds is 9. The fourth-order valence-electron chi connectivity index (χ4n) is 2.69. The second-order valence-electron chi connectivity index (χ2n) is 6.44. The predicted octanol–water partition coefficient (Wildman–Crippen LogP) is 4.22. The predicted molar refractivity (Wildman–Crippen MR) is 105 cm³/mol. The van der Waals surface area contributed by atoms with Gasteiger partial charge in [0.15, 0.2) is 6.10 Å². The molecule has 0 aromatic heterocycles. The van der Waals surface area contributed by atoms with E-state index in [9.17, 15) is 4.79 Å². The topological polar surface area (TPSA) is 47.6 Å². The molecular formula is C22H29NO3. The van der Waals surface area contributed by atoms with Gasteiger partial charge in [-0.25, -0.2) is 0 Å². The number of hydrogen-bond donors (Lipinski definition) is 1. The van der Waals surface area contributed by atoms with E-state index in [1.54, 1.807) is 6.92 Å². The fourth-order valence-corrected chi connectivity index (χ4v) is 2.69. The summed E-state index contributed by atoms with van der Waals surface area (Å²) < 4.78 is 11.4. The van der Waals surface area contributed by atoms with Crippen LogP contribution in [-0.4, -0.2) is 25.2 Å². The molecule has 0 aliphatic heterocycles. The molecule has 0 aliphatic carbocycles. The first-order valence-corrected chi connectivity index (χ1v) is 9.23. The summed E-state index contributed by atoms with van der Waals surface area (Å²) in [6.07, 6.45) is 1.20. The number of carbonyl (C=O) groups is 1. The van der Waals surface area contributed by atoms with Gasteiger partial charge >= 0.3 is 0 Å². The lowest BCUT2D eigenvalue weighted by atomic mass is 10.1. The van der Waals surface area contributed by atoms with Crippen molar-refractivity contribution in [2.75, 3.05) is 13.2 Å². The Morgan fingerprint density at radius 1 is 1.12 bits per heavy atom. The molecule has 2 aromatic carbocycles. The summed E-state index contributed by atoms with van der Waals surface area (Å²) in [5.74, 6) is 1.55. The van der Waals surface area contributed by atoms with Gasteiger partial charge in [0.25, 0.3) is 5.91 Å². The van der Waals surface area contributed by atoms with Gasteiger partial charge in [0.1, 0.15) is 11.5 Å². The Bertz CT molecular complexity index is 727. The molecule has 1 amide bonds. The van der Waals surface area contributed by atoms with Crippen LogP contribution < -0.4 is 14.8 Å². The number of hydrogen-bond acceptors (Lipinski definition) is 3. The Morgan fingerprint density at radius 2 is 1.88 bits per heavy atom. The first-order valence-electron chi connectivity index (χ1n) is 9.23. The molecule has 0 saturated carbocycles. The van der Waals surface area contributed by atoms with Gasteiger partial charge in [-0.15, -0.1) is 0 Å². The minimum atomic E-state index is -0.521. The normalized spacial score (nSPS) is 11.7. The van der Waals surface area contributed by atoms with Gasteiger partial charge in [-0.05, 0) is 75.4 Å². The van der Waals surface area contributed by atoms with Crippen LogP contribution in [0.4, 0.5) is 0 Å². The van der Waals surface area contributed by atoms with Crippen LogP contribution in [0.1, 0.15) is 37.0 Å². The zero-order chi connectivity index (χ0) is 18.9. The lowest BCUT2D eigenvalue weighted by molar-refractivity contribution is -0.127. The third-order valence-corrected chi connectivity index (χ3v) is 4.36. The largest absolute Gasteiger partial charge is 0.494 e. The molecule has 4 nitrogen and oxygen atoms in total. The smallest absolute Gasteiger partial charge is 0.260 e. The Morgan fingerprint density at radius 3 is 2.62 bits per heavy atom. The van der Waals surface area contributed by atoms with Crippen LogP contribution in [-0.2, 0) is 11.2 Å². The fraction of sp³-hybridized carbons (Fsp3) is 0.409. The Balaban J connectivity index is 1.77. The molecule has 2 rings (SSSR count). The lowest BCUT2D eigenvalue weighted by Crippen LogP contribution is -2.36. The van der Waals surface area contributed by atoms with E-state index < -0.39 is 6.10 Å². The van der Waals surface area contributed by atoms with Gasteiger partial charge in [-0.2, -0.15) is 0 Å². The second-order valence-corrected chi connectivity index (χ2v) is 6.44. The van der Waals surface area contributed by atoms with E-state index in [0.29, 0.717) is 13.2 Å². The van der Waals surface area contributed by atoms with Crippen LogP contribution in [0.3, 0.4) is 0 Å². The molecule has 0 heterocycles. The number of carbonyl (C=O) groups excluding carboxylic acids is 1. The summed E-state index contributed by atoms with van der Waals surface area (Å²) in [5, 5.41) is 2.95. The molecule has 0 radical (unpaired) electrons. The van der Waals surface area contributed by atoms with Crippen LogP contribution in [0.5, 0.6) is 11.5 Å². The molecule has 0 bridgehead atoms. The highest BCUT2D eigenvalue weighted by Gasteiger charge is 2.14. The van der Waals surface area contributed by atoms with Crippen molar-refractivity contribution in [1.82, 2.24) is 5.32 Å². The molecule has 1 atom stereocenters. The number of nitrogens with one attached hydrogen (secondary N) is 1. The highest BCUT2D eigenvalue weighted by molar-refractivity contribution is 5.80. The van der Waals surface area contributed by atoms with E-state index >= 15 is 0 Å². The van der Waals surface area contributed by atoms with Crippen molar-refractivity contribution >= 4 is 5.91 Å². The maximum atomic E-state index is 12.2. The summed E-state index contributed by atoms with van der Waals surface area (Å²) in [6, 6.07) is 13.9. The van der Waals surface area contributed by atoms with Crippen molar-refractivity contribution in [3.05, 3.63) is 59.2 Å². The summed E-state index contributed by atoms with van der Waals surface area (Å²) >= 11 is 0. The zero-order valence-corrected chi connectivity index (χ0v) is 16.2. The maximum absolute atomic E-state index is 12.2. The van der Waals surface area contributed by atoms with E-state index in [2.05, 4.69) is 18.3 Å². The monoisotopic (exact) mass is 355 g/mol. The number of para-hydroxylation sites is 1. The number of aryl methyl sites for hydroxylation is 3. The van der Waals surface area contributed by atoms with Crippen molar-refractivity contribution in [2.24, 2.45) is 0 Å². The highest BCUT2D eigenvalue weighted by atomic mass is 16.5. The van der Waals surface area contributed by atoms with Crippen LogP contribution in [0, 0.1) is 13.8 Å². The summed E-state index contributed by atoms with van der Waals surface area (Å²) in [4.78, 5) is 12.2. The molecule has 0 unspecified atom stereocenters. The molecule has 140 valence electrons. The van der Waals surface area contributed by atoms with Crippen LogP contribution in [0.15, 0.2) is 42.5 Å². The van der Waals surface area contributed by atoms with Gasteiger partial charge < -0.3 is 14.8 Å². The molecule has 4 heteroatoms. The summed E-state index contributed by atoms with van der Waals surface area (Å²) in [7, 11) is 0. The first-order chi connectivity index (χ1) is 12.5. The Hall–Kier alpha value is -2.49. The quantitative estimate of drug-likeness (QED) is 0.685. The maximum Gasteiger partial charge on any atom is 0.260 e. The summed E-state index contributed by atoms with van der Waals surface area (Å²) in [5.41, 5.74) is 3.54. The minimum Gasteiger partial charge on any atom is -0.494 e. The van der Waals surface area contributed by atoms with Gasteiger partial charge in [-0.3, -0.25) is 4.79 Å². The van der Waals surface area contributed by atoms with Crippen molar-refractivity contribution < 1.29 is 14.3 Å². The second kappa shape index (κ2) is 9.85. The molecule has 26 heavy (non-hydrogen) atoms. The standard InChI is InChI=1S/C22H29NO3/c1-5-25-21-11-7-6-9-19(21)10-8-14-23-22(24)18(4)26-20-13-12-16(2)17(3)15-20/h6-7,9,11-13,15,18H,5,8,10,14H2,1-4H3,(H,23,24)/t18-/m0/s1.